The predicted octanol–water partition coefficient (Wildman–Crippen LogP) is 4.27. The number of amides is 1. The molecule has 1 heterocycles. The molecule has 0 aliphatic heterocycles. The summed E-state index contributed by atoms with van der Waals surface area (Å²) in [6, 6.07) is 6.13. The smallest absolute Gasteiger partial charge is 0.257 e. The van der Waals surface area contributed by atoms with Crippen LogP contribution in [-0.4, -0.2) is 25.6 Å². The second-order valence-corrected chi connectivity index (χ2v) is 11.9. The number of thiazole rings is 1. The van der Waals surface area contributed by atoms with Gasteiger partial charge in [-0.2, -0.15) is 0 Å². The van der Waals surface area contributed by atoms with Crippen molar-refractivity contribution in [3.8, 4) is 0 Å². The molecule has 0 unspecified atom stereocenters. The van der Waals surface area contributed by atoms with Gasteiger partial charge < -0.3 is 0 Å². The molecule has 7 heteroatoms. The summed E-state index contributed by atoms with van der Waals surface area (Å²) < 4.78 is 23.5. The van der Waals surface area contributed by atoms with Crippen LogP contribution in [0.4, 0.5) is 5.13 Å². The van der Waals surface area contributed by atoms with Crippen LogP contribution < -0.4 is 5.32 Å². The van der Waals surface area contributed by atoms with Crippen LogP contribution in [0.5, 0.6) is 0 Å². The lowest BCUT2D eigenvalue weighted by molar-refractivity contribution is -0.00688. The van der Waals surface area contributed by atoms with Crippen LogP contribution in [0, 0.1) is 17.8 Å². The zero-order chi connectivity index (χ0) is 19.5. The average molecular weight is 417 g/mol. The minimum absolute atomic E-state index is 0.147. The molecule has 4 aliphatic rings. The summed E-state index contributed by atoms with van der Waals surface area (Å²) in [5.41, 5.74) is 1.69. The first kappa shape index (κ1) is 18.3. The minimum atomic E-state index is -3.35. The van der Waals surface area contributed by atoms with Crippen LogP contribution in [0.2, 0.25) is 0 Å². The Hall–Kier alpha value is -1.73. The molecule has 148 valence electrons. The maximum atomic E-state index is 12.6. The van der Waals surface area contributed by atoms with Crippen LogP contribution in [0.3, 0.4) is 0 Å². The van der Waals surface area contributed by atoms with E-state index in [-0.39, 0.29) is 16.2 Å². The van der Waals surface area contributed by atoms with E-state index in [0.717, 1.165) is 29.7 Å². The SMILES string of the molecule is CS(=O)(=O)c1cccc(C(=O)Nc2nc(C34CC5CC(CC(C5)C3)C4)cs2)c1. The van der Waals surface area contributed by atoms with Crippen molar-refractivity contribution in [3.63, 3.8) is 0 Å². The molecule has 0 radical (unpaired) electrons. The summed E-state index contributed by atoms with van der Waals surface area (Å²) in [6.07, 6.45) is 9.05. The molecule has 4 fully saturated rings. The van der Waals surface area contributed by atoms with Gasteiger partial charge in [0.15, 0.2) is 15.0 Å². The highest BCUT2D eigenvalue weighted by Crippen LogP contribution is 2.60. The number of nitrogens with one attached hydrogen (secondary N) is 1. The fraction of sp³-hybridized carbons (Fsp3) is 0.524. The van der Waals surface area contributed by atoms with Gasteiger partial charge in [0.1, 0.15) is 0 Å². The summed E-state index contributed by atoms with van der Waals surface area (Å²) in [5.74, 6) is 2.23. The van der Waals surface area contributed by atoms with E-state index in [4.69, 9.17) is 4.98 Å². The fourth-order valence-electron chi connectivity index (χ4n) is 6.04. The number of carbonyl (C=O) groups is 1. The molecular weight excluding hydrogens is 392 g/mol. The Morgan fingerprint density at radius 3 is 2.39 bits per heavy atom. The Morgan fingerprint density at radius 1 is 1.14 bits per heavy atom. The second-order valence-electron chi connectivity index (χ2n) is 8.99. The molecule has 2 aromatic rings. The lowest BCUT2D eigenvalue weighted by Crippen LogP contribution is -2.48. The van der Waals surface area contributed by atoms with Crippen molar-refractivity contribution in [1.29, 1.82) is 0 Å². The molecule has 0 atom stereocenters. The first-order valence-corrected chi connectivity index (χ1v) is 12.7. The van der Waals surface area contributed by atoms with Crippen molar-refractivity contribution in [2.24, 2.45) is 17.8 Å². The fourth-order valence-corrected chi connectivity index (χ4v) is 7.53. The Bertz CT molecular complexity index is 1010. The summed E-state index contributed by atoms with van der Waals surface area (Å²) in [4.78, 5) is 17.6. The van der Waals surface area contributed by atoms with Crippen molar-refractivity contribution in [3.05, 3.63) is 40.9 Å². The number of anilines is 1. The van der Waals surface area contributed by atoms with Gasteiger partial charge in [-0.05, 0) is 74.5 Å². The van der Waals surface area contributed by atoms with Gasteiger partial charge in [0.05, 0.1) is 10.6 Å². The quantitative estimate of drug-likeness (QED) is 0.808. The zero-order valence-electron chi connectivity index (χ0n) is 15.8. The minimum Gasteiger partial charge on any atom is -0.298 e. The number of hydrogen-bond donors (Lipinski definition) is 1. The molecule has 4 aliphatic carbocycles. The molecule has 1 aromatic heterocycles. The third-order valence-corrected chi connectivity index (χ3v) is 8.70. The summed E-state index contributed by atoms with van der Waals surface area (Å²) in [7, 11) is -3.35. The molecule has 1 N–H and O–H groups in total. The topological polar surface area (TPSA) is 76.1 Å². The van der Waals surface area contributed by atoms with E-state index >= 15 is 0 Å². The molecule has 28 heavy (non-hydrogen) atoms. The largest absolute Gasteiger partial charge is 0.298 e. The van der Waals surface area contributed by atoms with Crippen molar-refractivity contribution in [1.82, 2.24) is 4.98 Å². The Balaban J connectivity index is 1.36. The molecule has 0 saturated heterocycles. The number of aromatic nitrogens is 1. The third kappa shape index (κ3) is 3.18. The van der Waals surface area contributed by atoms with E-state index in [1.807, 2.05) is 0 Å². The highest BCUT2D eigenvalue weighted by molar-refractivity contribution is 7.90. The molecule has 1 aromatic carbocycles. The monoisotopic (exact) mass is 416 g/mol. The number of benzene rings is 1. The number of rotatable bonds is 4. The van der Waals surface area contributed by atoms with E-state index in [2.05, 4.69) is 10.7 Å². The number of hydrogen-bond acceptors (Lipinski definition) is 5. The lowest BCUT2D eigenvalue weighted by Gasteiger charge is -2.56. The molecular formula is C21H24N2O3S2. The molecule has 4 saturated carbocycles. The Labute approximate surface area is 169 Å². The highest BCUT2D eigenvalue weighted by atomic mass is 32.2. The number of sulfone groups is 1. The van der Waals surface area contributed by atoms with Gasteiger partial charge in [-0.3, -0.25) is 10.1 Å². The van der Waals surface area contributed by atoms with E-state index < -0.39 is 9.84 Å². The van der Waals surface area contributed by atoms with E-state index in [9.17, 15) is 13.2 Å². The summed E-state index contributed by atoms with van der Waals surface area (Å²) in [6.45, 7) is 0. The van der Waals surface area contributed by atoms with Crippen LogP contribution in [0.15, 0.2) is 34.5 Å². The number of nitrogens with zero attached hydrogens (tertiary/aromatic N) is 1. The van der Waals surface area contributed by atoms with Crippen LogP contribution in [0.25, 0.3) is 0 Å². The maximum Gasteiger partial charge on any atom is 0.257 e. The van der Waals surface area contributed by atoms with Crippen LogP contribution in [0.1, 0.15) is 54.6 Å². The summed E-state index contributed by atoms with van der Waals surface area (Å²) in [5, 5.41) is 5.58. The van der Waals surface area contributed by atoms with Crippen LogP contribution >= 0.6 is 11.3 Å². The third-order valence-electron chi connectivity index (χ3n) is 6.83. The normalized spacial score (nSPS) is 31.1. The van der Waals surface area contributed by atoms with Gasteiger partial charge in [-0.25, -0.2) is 13.4 Å². The van der Waals surface area contributed by atoms with Gasteiger partial charge in [0, 0.05) is 22.6 Å². The first-order valence-electron chi connectivity index (χ1n) is 9.88. The Morgan fingerprint density at radius 2 is 1.79 bits per heavy atom. The lowest BCUT2D eigenvalue weighted by atomic mass is 9.49. The van der Waals surface area contributed by atoms with Gasteiger partial charge in [-0.15, -0.1) is 11.3 Å². The van der Waals surface area contributed by atoms with Gasteiger partial charge in [0.25, 0.3) is 5.91 Å². The van der Waals surface area contributed by atoms with E-state index in [1.54, 1.807) is 12.1 Å². The van der Waals surface area contributed by atoms with Gasteiger partial charge >= 0.3 is 0 Å². The van der Waals surface area contributed by atoms with Gasteiger partial charge in [0.2, 0.25) is 0 Å². The zero-order valence-corrected chi connectivity index (χ0v) is 17.5. The average Bonchev–Trinajstić information content (AvgIpc) is 3.09. The van der Waals surface area contributed by atoms with Crippen LogP contribution in [-0.2, 0) is 15.3 Å². The van der Waals surface area contributed by atoms with Crippen molar-refractivity contribution >= 4 is 32.2 Å². The molecule has 6 rings (SSSR count). The summed E-state index contributed by atoms with van der Waals surface area (Å²) >= 11 is 1.47. The Kier molecular flexibility index (Phi) is 4.18. The standard InChI is InChI=1S/C21H24N2O3S2/c1-28(25,26)17-4-2-3-16(8-17)19(24)23-20-22-18(12-27-20)21-9-13-5-14(10-21)7-15(6-13)11-21/h2-4,8,12-15H,5-7,9-11H2,1H3,(H,22,23,24). The number of carbonyl (C=O) groups excluding carboxylic acids is 1. The highest BCUT2D eigenvalue weighted by Gasteiger charge is 2.52. The van der Waals surface area contributed by atoms with Gasteiger partial charge in [-0.1, -0.05) is 6.07 Å². The predicted molar refractivity (Wildman–Crippen MR) is 109 cm³/mol. The maximum absolute atomic E-state index is 12.6. The first-order chi connectivity index (χ1) is 13.3. The van der Waals surface area contributed by atoms with E-state index in [0.29, 0.717) is 10.7 Å². The molecule has 1 amide bonds. The van der Waals surface area contributed by atoms with Crippen molar-refractivity contribution in [2.75, 3.05) is 11.6 Å². The molecule has 0 spiro atoms. The van der Waals surface area contributed by atoms with Crippen molar-refractivity contribution < 1.29 is 13.2 Å². The molecule has 5 nitrogen and oxygen atoms in total. The second kappa shape index (κ2) is 6.39. The molecule has 4 bridgehead atoms. The van der Waals surface area contributed by atoms with Crippen molar-refractivity contribution in [2.45, 2.75) is 48.8 Å². The van der Waals surface area contributed by atoms with E-state index in [1.165, 1.54) is 62.0 Å².